The number of carbonyl (C=O) groups excluding carboxylic acids is 1. The third-order valence-electron chi connectivity index (χ3n) is 5.61. The molecule has 0 radical (unpaired) electrons. The summed E-state index contributed by atoms with van der Waals surface area (Å²) in [6.07, 6.45) is -0.577. The van der Waals surface area contributed by atoms with Crippen LogP contribution in [-0.4, -0.2) is 77.8 Å². The fourth-order valence-electron chi connectivity index (χ4n) is 3.85. The van der Waals surface area contributed by atoms with Gasteiger partial charge in [0.05, 0.1) is 21.8 Å². The van der Waals surface area contributed by atoms with Gasteiger partial charge in [0.25, 0.3) is 0 Å². The lowest BCUT2D eigenvalue weighted by atomic mass is 10.2. The number of fused-ring (bicyclic) bond motifs is 1. The fraction of sp³-hybridized carbons (Fsp3) is 0.417. The summed E-state index contributed by atoms with van der Waals surface area (Å²) in [6.45, 7) is 6.86. The van der Waals surface area contributed by atoms with Gasteiger partial charge < -0.3 is 15.2 Å². The first kappa shape index (κ1) is 23.9. The number of carbonyl (C=O) groups is 1. The van der Waals surface area contributed by atoms with Gasteiger partial charge in [-0.25, -0.2) is 4.98 Å². The summed E-state index contributed by atoms with van der Waals surface area (Å²) in [5.41, 5.74) is 1.95. The van der Waals surface area contributed by atoms with Crippen molar-refractivity contribution < 1.29 is 14.6 Å². The standard InChI is InChI=1S/C24H29ClN4O3S/c1-17-27-22-12-21(6-7-23(22)33-17)32-16-20(30)14-28-8-10-29(11-9-28)15-24(31)26-13-18-2-4-19(25)5-3-18/h2-7,12,20,30H,8-11,13-16H2,1H3,(H,26,31)/t20-/m1/s1. The Morgan fingerprint density at radius 1 is 1.18 bits per heavy atom. The van der Waals surface area contributed by atoms with Crippen molar-refractivity contribution in [2.45, 2.75) is 19.6 Å². The second-order valence-electron chi connectivity index (χ2n) is 8.31. The van der Waals surface area contributed by atoms with E-state index in [0.29, 0.717) is 24.7 Å². The van der Waals surface area contributed by atoms with E-state index in [0.717, 1.165) is 52.7 Å². The number of nitrogens with zero attached hydrogens (tertiary/aromatic N) is 3. The molecular weight excluding hydrogens is 460 g/mol. The lowest BCUT2D eigenvalue weighted by Crippen LogP contribution is -2.51. The van der Waals surface area contributed by atoms with Crippen molar-refractivity contribution in [3.05, 3.63) is 58.1 Å². The molecule has 1 atom stereocenters. The van der Waals surface area contributed by atoms with Crippen LogP contribution in [-0.2, 0) is 11.3 Å². The molecule has 0 unspecified atom stereocenters. The molecule has 1 saturated heterocycles. The van der Waals surface area contributed by atoms with Gasteiger partial charge in [-0.3, -0.25) is 14.6 Å². The number of aliphatic hydroxyl groups is 1. The van der Waals surface area contributed by atoms with E-state index >= 15 is 0 Å². The van der Waals surface area contributed by atoms with Gasteiger partial charge in [-0.05, 0) is 36.8 Å². The SMILES string of the molecule is Cc1nc2cc(OC[C@H](O)CN3CCN(CC(=O)NCc4ccc(Cl)cc4)CC3)ccc2s1. The average Bonchev–Trinajstić information content (AvgIpc) is 3.18. The minimum atomic E-state index is -0.577. The zero-order valence-electron chi connectivity index (χ0n) is 18.7. The topological polar surface area (TPSA) is 77.9 Å². The van der Waals surface area contributed by atoms with Crippen molar-refractivity contribution in [3.8, 4) is 5.75 Å². The summed E-state index contributed by atoms with van der Waals surface area (Å²) >= 11 is 7.55. The lowest BCUT2D eigenvalue weighted by Gasteiger charge is -2.35. The molecule has 2 aromatic carbocycles. The summed E-state index contributed by atoms with van der Waals surface area (Å²) in [7, 11) is 0. The minimum Gasteiger partial charge on any atom is -0.491 e. The normalized spacial score (nSPS) is 16.1. The predicted octanol–water partition coefficient (Wildman–Crippen LogP) is 2.93. The van der Waals surface area contributed by atoms with Gasteiger partial charge in [-0.1, -0.05) is 23.7 Å². The van der Waals surface area contributed by atoms with E-state index in [1.165, 1.54) is 0 Å². The Bertz CT molecular complexity index is 1070. The van der Waals surface area contributed by atoms with Gasteiger partial charge in [-0.2, -0.15) is 0 Å². The summed E-state index contributed by atoms with van der Waals surface area (Å²) in [6, 6.07) is 13.3. The molecule has 33 heavy (non-hydrogen) atoms. The number of ether oxygens (including phenoxy) is 1. The first-order valence-corrected chi connectivity index (χ1v) is 12.3. The van der Waals surface area contributed by atoms with Crippen LogP contribution in [0, 0.1) is 6.92 Å². The first-order valence-electron chi connectivity index (χ1n) is 11.1. The highest BCUT2D eigenvalue weighted by molar-refractivity contribution is 7.18. The van der Waals surface area contributed by atoms with E-state index < -0.39 is 6.10 Å². The van der Waals surface area contributed by atoms with Crippen molar-refractivity contribution in [2.24, 2.45) is 0 Å². The van der Waals surface area contributed by atoms with Crippen LogP contribution < -0.4 is 10.1 Å². The van der Waals surface area contributed by atoms with Gasteiger partial charge in [0.2, 0.25) is 5.91 Å². The summed E-state index contributed by atoms with van der Waals surface area (Å²) in [5, 5.41) is 15.1. The van der Waals surface area contributed by atoms with Crippen molar-refractivity contribution in [1.29, 1.82) is 0 Å². The van der Waals surface area contributed by atoms with Crippen molar-refractivity contribution in [1.82, 2.24) is 20.1 Å². The molecule has 2 N–H and O–H groups in total. The molecular formula is C24H29ClN4O3S. The number of β-amino-alcohol motifs (C(OH)–C–C–N with tert-alkyl or cyclic N) is 1. The largest absolute Gasteiger partial charge is 0.491 e. The lowest BCUT2D eigenvalue weighted by molar-refractivity contribution is -0.122. The van der Waals surface area contributed by atoms with Crippen molar-refractivity contribution in [2.75, 3.05) is 45.9 Å². The average molecular weight is 489 g/mol. The van der Waals surface area contributed by atoms with Crippen LogP contribution >= 0.6 is 22.9 Å². The fourth-order valence-corrected chi connectivity index (χ4v) is 4.78. The number of aromatic nitrogens is 1. The molecule has 176 valence electrons. The smallest absolute Gasteiger partial charge is 0.234 e. The maximum atomic E-state index is 12.3. The van der Waals surface area contributed by atoms with E-state index in [4.69, 9.17) is 16.3 Å². The zero-order chi connectivity index (χ0) is 23.2. The zero-order valence-corrected chi connectivity index (χ0v) is 20.2. The third-order valence-corrected chi connectivity index (χ3v) is 6.82. The number of aryl methyl sites for hydroxylation is 1. The Morgan fingerprint density at radius 3 is 2.67 bits per heavy atom. The van der Waals surface area contributed by atoms with Crippen molar-refractivity contribution >= 4 is 39.1 Å². The molecule has 9 heteroatoms. The van der Waals surface area contributed by atoms with Gasteiger partial charge in [0.1, 0.15) is 18.5 Å². The molecule has 0 spiro atoms. The van der Waals surface area contributed by atoms with E-state index in [2.05, 4.69) is 20.1 Å². The highest BCUT2D eigenvalue weighted by atomic mass is 35.5. The van der Waals surface area contributed by atoms with E-state index in [-0.39, 0.29) is 12.5 Å². The van der Waals surface area contributed by atoms with Crippen LogP contribution in [0.3, 0.4) is 0 Å². The summed E-state index contributed by atoms with van der Waals surface area (Å²) < 4.78 is 6.92. The Balaban J connectivity index is 1.13. The number of nitrogens with one attached hydrogen (secondary N) is 1. The Morgan fingerprint density at radius 2 is 1.91 bits per heavy atom. The molecule has 0 saturated carbocycles. The number of rotatable bonds is 9. The molecule has 3 aromatic rings. The Kier molecular flexibility index (Phi) is 8.16. The maximum Gasteiger partial charge on any atom is 0.234 e. The number of hydrogen-bond acceptors (Lipinski definition) is 7. The van der Waals surface area contributed by atoms with Crippen LogP contribution in [0.1, 0.15) is 10.6 Å². The molecule has 1 aliphatic rings. The second kappa shape index (κ2) is 11.3. The van der Waals surface area contributed by atoms with Crippen LogP contribution in [0.25, 0.3) is 10.2 Å². The number of piperazine rings is 1. The van der Waals surface area contributed by atoms with Crippen LogP contribution in [0.2, 0.25) is 5.02 Å². The molecule has 2 heterocycles. The quantitative estimate of drug-likeness (QED) is 0.482. The number of thiazole rings is 1. The Hall–Kier alpha value is -2.23. The highest BCUT2D eigenvalue weighted by Gasteiger charge is 2.21. The molecule has 0 aliphatic carbocycles. The molecule has 1 aromatic heterocycles. The van der Waals surface area contributed by atoms with Crippen molar-refractivity contribution in [3.63, 3.8) is 0 Å². The molecule has 4 rings (SSSR count). The van der Waals surface area contributed by atoms with Gasteiger partial charge in [-0.15, -0.1) is 11.3 Å². The summed E-state index contributed by atoms with van der Waals surface area (Å²) in [4.78, 5) is 21.1. The number of hydrogen-bond donors (Lipinski definition) is 2. The second-order valence-corrected chi connectivity index (χ2v) is 9.98. The van der Waals surface area contributed by atoms with Crippen LogP contribution in [0.15, 0.2) is 42.5 Å². The van der Waals surface area contributed by atoms with Gasteiger partial charge >= 0.3 is 0 Å². The third kappa shape index (κ3) is 7.12. The predicted molar refractivity (Wildman–Crippen MR) is 132 cm³/mol. The minimum absolute atomic E-state index is 0.0131. The first-order chi connectivity index (χ1) is 15.9. The highest BCUT2D eigenvalue weighted by Crippen LogP contribution is 2.25. The molecule has 0 bridgehead atoms. The monoisotopic (exact) mass is 488 g/mol. The number of amides is 1. The maximum absolute atomic E-state index is 12.3. The number of benzene rings is 2. The van der Waals surface area contributed by atoms with Gasteiger partial charge in [0.15, 0.2) is 0 Å². The molecule has 1 aliphatic heterocycles. The van der Waals surface area contributed by atoms with Gasteiger partial charge in [0, 0.05) is 50.4 Å². The number of aliphatic hydroxyl groups excluding tert-OH is 1. The van der Waals surface area contributed by atoms with Crippen LogP contribution in [0.5, 0.6) is 5.75 Å². The Labute approximate surface area is 202 Å². The summed E-state index contributed by atoms with van der Waals surface area (Å²) in [5.74, 6) is 0.736. The number of halogens is 1. The molecule has 1 amide bonds. The van der Waals surface area contributed by atoms with E-state index in [1.54, 1.807) is 11.3 Å². The molecule has 1 fully saturated rings. The van der Waals surface area contributed by atoms with E-state index in [9.17, 15) is 9.90 Å². The molecule has 7 nitrogen and oxygen atoms in total. The van der Waals surface area contributed by atoms with E-state index in [1.807, 2.05) is 49.4 Å². The van der Waals surface area contributed by atoms with Crippen LogP contribution in [0.4, 0.5) is 0 Å².